The third-order valence-corrected chi connectivity index (χ3v) is 7.55. The van der Waals surface area contributed by atoms with Gasteiger partial charge in [-0.15, -0.1) is 0 Å². The van der Waals surface area contributed by atoms with Crippen LogP contribution in [-0.4, -0.2) is 4.98 Å². The van der Waals surface area contributed by atoms with Crippen LogP contribution in [0.4, 0.5) is 17.2 Å². The maximum Gasteiger partial charge on any atom is 0.137 e. The second-order valence-electron chi connectivity index (χ2n) is 10.1. The Balaban J connectivity index is 1.61. The fraction of sp³-hybridized carbons (Fsp3) is 0.0263. The number of para-hydroxylation sites is 1. The lowest BCUT2D eigenvalue weighted by molar-refractivity contribution is 1.17. The van der Waals surface area contributed by atoms with E-state index in [0.717, 1.165) is 22.8 Å². The highest BCUT2D eigenvalue weighted by molar-refractivity contribution is 6.23. The van der Waals surface area contributed by atoms with Crippen molar-refractivity contribution in [3.05, 3.63) is 157 Å². The van der Waals surface area contributed by atoms with Crippen molar-refractivity contribution in [2.45, 2.75) is 6.92 Å². The normalized spacial score (nSPS) is 11.1. The number of anilines is 3. The van der Waals surface area contributed by atoms with E-state index in [-0.39, 0.29) is 0 Å². The Hall–Kier alpha value is -5.21. The van der Waals surface area contributed by atoms with Gasteiger partial charge in [0.2, 0.25) is 0 Å². The van der Waals surface area contributed by atoms with Crippen LogP contribution in [0, 0.1) is 6.92 Å². The van der Waals surface area contributed by atoms with Gasteiger partial charge in [0.1, 0.15) is 5.82 Å². The maximum atomic E-state index is 4.91. The van der Waals surface area contributed by atoms with Crippen LogP contribution in [0.3, 0.4) is 0 Å². The van der Waals surface area contributed by atoms with Gasteiger partial charge in [-0.3, -0.25) is 4.90 Å². The van der Waals surface area contributed by atoms with Gasteiger partial charge in [-0.2, -0.15) is 0 Å². The lowest BCUT2D eigenvalue weighted by atomic mass is 9.86. The smallest absolute Gasteiger partial charge is 0.137 e. The molecule has 7 rings (SSSR count). The second-order valence-corrected chi connectivity index (χ2v) is 10.1. The highest BCUT2D eigenvalue weighted by Crippen LogP contribution is 2.48. The minimum atomic E-state index is 0.893. The summed E-state index contributed by atoms with van der Waals surface area (Å²) in [6.07, 6.45) is 1.94. The first-order valence-electron chi connectivity index (χ1n) is 13.7. The Morgan fingerprint density at radius 1 is 0.475 bits per heavy atom. The molecule has 0 spiro atoms. The summed E-state index contributed by atoms with van der Waals surface area (Å²) in [6, 6.07) is 51.8. The molecule has 0 atom stereocenters. The number of benzene rings is 6. The third-order valence-electron chi connectivity index (χ3n) is 7.55. The van der Waals surface area contributed by atoms with Crippen molar-refractivity contribution in [1.82, 2.24) is 4.98 Å². The van der Waals surface area contributed by atoms with Crippen LogP contribution in [0.2, 0.25) is 0 Å². The van der Waals surface area contributed by atoms with E-state index >= 15 is 0 Å². The largest absolute Gasteiger partial charge is 0.294 e. The van der Waals surface area contributed by atoms with Crippen LogP contribution in [0.5, 0.6) is 0 Å². The van der Waals surface area contributed by atoms with Crippen LogP contribution in [0.15, 0.2) is 152 Å². The van der Waals surface area contributed by atoms with E-state index in [1.807, 2.05) is 6.20 Å². The Kier molecular flexibility index (Phi) is 6.07. The second kappa shape index (κ2) is 10.2. The predicted molar refractivity (Wildman–Crippen MR) is 170 cm³/mol. The number of aryl methyl sites for hydroxylation is 1. The average Bonchev–Trinajstić information content (AvgIpc) is 3.03. The standard InChI is InChI=1S/C38H28N2/c1-27-24-25-36(39-26-27)40(29-16-6-3-7-17-29)38-34-22-12-10-20-32(34)37(33-21-11-13-23-35(33)38)31-19-9-8-18-30(31)28-14-4-2-5-15-28/h2-26H,1H3. The Morgan fingerprint density at radius 3 is 1.60 bits per heavy atom. The van der Waals surface area contributed by atoms with Gasteiger partial charge >= 0.3 is 0 Å². The van der Waals surface area contributed by atoms with Gasteiger partial charge in [0.25, 0.3) is 0 Å². The molecule has 0 unspecified atom stereocenters. The Labute approximate surface area is 234 Å². The Morgan fingerprint density at radius 2 is 1.00 bits per heavy atom. The zero-order valence-electron chi connectivity index (χ0n) is 22.3. The number of hydrogen-bond acceptors (Lipinski definition) is 2. The van der Waals surface area contributed by atoms with Crippen molar-refractivity contribution < 1.29 is 0 Å². The number of rotatable bonds is 5. The van der Waals surface area contributed by atoms with Crippen LogP contribution >= 0.6 is 0 Å². The maximum absolute atomic E-state index is 4.91. The van der Waals surface area contributed by atoms with Crippen molar-refractivity contribution in [2.75, 3.05) is 4.90 Å². The van der Waals surface area contributed by atoms with Crippen molar-refractivity contribution in [3.8, 4) is 22.3 Å². The van der Waals surface area contributed by atoms with Gasteiger partial charge in [-0.05, 0) is 63.7 Å². The summed E-state index contributed by atoms with van der Waals surface area (Å²) in [7, 11) is 0. The number of aromatic nitrogens is 1. The predicted octanol–water partition coefficient (Wildman–Crippen LogP) is 10.5. The minimum absolute atomic E-state index is 0.893. The summed E-state index contributed by atoms with van der Waals surface area (Å²) in [4.78, 5) is 7.21. The van der Waals surface area contributed by atoms with Crippen molar-refractivity contribution in [1.29, 1.82) is 0 Å². The minimum Gasteiger partial charge on any atom is -0.294 e. The first kappa shape index (κ1) is 23.9. The molecule has 0 aliphatic rings. The molecule has 0 amide bonds. The molecule has 1 heterocycles. The summed E-state index contributed by atoms with van der Waals surface area (Å²) < 4.78 is 0. The average molecular weight is 513 g/mol. The zero-order valence-corrected chi connectivity index (χ0v) is 22.3. The number of nitrogens with zero attached hydrogens (tertiary/aromatic N) is 2. The van der Waals surface area contributed by atoms with Gasteiger partial charge < -0.3 is 0 Å². The summed E-state index contributed by atoms with van der Waals surface area (Å²) in [5.41, 5.74) is 8.27. The van der Waals surface area contributed by atoms with Gasteiger partial charge in [-0.1, -0.05) is 127 Å². The number of pyridine rings is 1. The summed E-state index contributed by atoms with van der Waals surface area (Å²) in [5, 5.41) is 4.80. The topological polar surface area (TPSA) is 16.1 Å². The van der Waals surface area contributed by atoms with Crippen LogP contribution in [0.25, 0.3) is 43.8 Å². The summed E-state index contributed by atoms with van der Waals surface area (Å²) in [5.74, 6) is 0.893. The molecular weight excluding hydrogens is 484 g/mol. The molecule has 0 radical (unpaired) electrons. The first-order valence-corrected chi connectivity index (χ1v) is 13.7. The molecular formula is C38H28N2. The molecule has 1 aromatic heterocycles. The van der Waals surface area contributed by atoms with Gasteiger partial charge in [0.15, 0.2) is 0 Å². The molecule has 2 nitrogen and oxygen atoms in total. The Bertz CT molecular complexity index is 1890. The van der Waals surface area contributed by atoms with E-state index < -0.39 is 0 Å². The molecule has 0 saturated carbocycles. The lowest BCUT2D eigenvalue weighted by Gasteiger charge is -2.29. The summed E-state index contributed by atoms with van der Waals surface area (Å²) in [6.45, 7) is 2.08. The first-order chi connectivity index (χ1) is 19.8. The molecule has 7 aromatic rings. The highest BCUT2D eigenvalue weighted by Gasteiger charge is 2.23. The quantitative estimate of drug-likeness (QED) is 0.213. The third kappa shape index (κ3) is 4.11. The van der Waals surface area contributed by atoms with Crippen molar-refractivity contribution >= 4 is 38.7 Å². The molecule has 0 fully saturated rings. The fourth-order valence-electron chi connectivity index (χ4n) is 5.75. The van der Waals surface area contributed by atoms with Crippen LogP contribution in [0.1, 0.15) is 5.56 Å². The van der Waals surface area contributed by atoms with Crippen LogP contribution in [-0.2, 0) is 0 Å². The van der Waals surface area contributed by atoms with E-state index in [2.05, 4.69) is 157 Å². The molecule has 0 N–H and O–H groups in total. The van der Waals surface area contributed by atoms with Crippen LogP contribution < -0.4 is 4.90 Å². The highest BCUT2D eigenvalue weighted by atomic mass is 15.2. The monoisotopic (exact) mass is 512 g/mol. The molecule has 6 aromatic carbocycles. The molecule has 0 bridgehead atoms. The molecule has 0 aliphatic carbocycles. The molecule has 0 saturated heterocycles. The van der Waals surface area contributed by atoms with Gasteiger partial charge in [0, 0.05) is 22.7 Å². The SMILES string of the molecule is Cc1ccc(N(c2ccccc2)c2c3ccccc3c(-c3ccccc3-c3ccccc3)c3ccccc23)nc1. The van der Waals surface area contributed by atoms with Crippen molar-refractivity contribution in [2.24, 2.45) is 0 Å². The lowest BCUT2D eigenvalue weighted by Crippen LogP contribution is -2.13. The van der Waals surface area contributed by atoms with E-state index in [4.69, 9.17) is 4.98 Å². The van der Waals surface area contributed by atoms with E-state index in [1.54, 1.807) is 0 Å². The molecule has 0 aliphatic heterocycles. The van der Waals surface area contributed by atoms with Crippen molar-refractivity contribution in [3.63, 3.8) is 0 Å². The van der Waals surface area contributed by atoms with E-state index in [9.17, 15) is 0 Å². The van der Waals surface area contributed by atoms with Gasteiger partial charge in [-0.25, -0.2) is 4.98 Å². The molecule has 2 heteroatoms. The van der Waals surface area contributed by atoms with E-state index in [0.29, 0.717) is 0 Å². The number of fused-ring (bicyclic) bond motifs is 2. The molecule has 40 heavy (non-hydrogen) atoms. The van der Waals surface area contributed by atoms with E-state index in [1.165, 1.54) is 43.8 Å². The van der Waals surface area contributed by atoms with Gasteiger partial charge in [0.05, 0.1) is 5.69 Å². The zero-order chi connectivity index (χ0) is 26.9. The summed E-state index contributed by atoms with van der Waals surface area (Å²) >= 11 is 0. The fourth-order valence-corrected chi connectivity index (χ4v) is 5.75. The molecule has 190 valence electrons. The number of hydrogen-bond donors (Lipinski definition) is 0.